The summed E-state index contributed by atoms with van der Waals surface area (Å²) in [6.45, 7) is 3.19. The molecule has 11 heavy (non-hydrogen) atoms. The van der Waals surface area contributed by atoms with Gasteiger partial charge in [0.15, 0.2) is 0 Å². The maximum absolute atomic E-state index is 11.9. The molecule has 1 nitrogen and oxygen atoms in total. The van der Waals surface area contributed by atoms with Crippen LogP contribution < -0.4 is 0 Å². The minimum atomic E-state index is -4.33. The summed E-state index contributed by atoms with van der Waals surface area (Å²) in [7, 11) is 1.13. The highest BCUT2D eigenvalue weighted by Gasteiger charge is 2.33. The summed E-state index contributed by atoms with van der Waals surface area (Å²) in [6.07, 6.45) is -3.31. The van der Waals surface area contributed by atoms with Gasteiger partial charge in [-0.25, -0.2) is 0 Å². The molecular weight excluding hydrogens is 155 g/mol. The van der Waals surface area contributed by atoms with Crippen molar-refractivity contribution in [1.82, 2.24) is 0 Å². The molecule has 0 heterocycles. The Kier molecular flexibility index (Phi) is 3.29. The average Bonchev–Trinajstić information content (AvgIpc) is 1.79. The largest absolute Gasteiger partial charge is 0.432 e. The predicted octanol–water partition coefficient (Wildman–Crippen LogP) is 2.59. The van der Waals surface area contributed by atoms with Crippen molar-refractivity contribution in [2.24, 2.45) is 4.99 Å². The first-order valence-corrected chi connectivity index (χ1v) is 3.07. The van der Waals surface area contributed by atoms with E-state index in [1.54, 1.807) is 13.8 Å². The Morgan fingerprint density at radius 2 is 1.73 bits per heavy atom. The fourth-order valence-electron chi connectivity index (χ4n) is 0.547. The SMILES string of the molecule is C/N=C(\C=C(C)C)C(F)(F)F. The van der Waals surface area contributed by atoms with E-state index in [1.807, 2.05) is 0 Å². The Bertz CT molecular complexity index is 184. The standard InChI is InChI=1S/C7H10F3N/c1-5(2)4-6(11-3)7(8,9)10/h4H,1-3H3/b11-6+. The summed E-state index contributed by atoms with van der Waals surface area (Å²) >= 11 is 0. The van der Waals surface area contributed by atoms with Crippen molar-refractivity contribution in [1.29, 1.82) is 0 Å². The van der Waals surface area contributed by atoms with Gasteiger partial charge in [-0.15, -0.1) is 0 Å². The van der Waals surface area contributed by atoms with E-state index in [9.17, 15) is 13.2 Å². The normalized spacial score (nSPS) is 13.1. The molecule has 0 aromatic heterocycles. The Labute approximate surface area is 63.6 Å². The van der Waals surface area contributed by atoms with E-state index in [0.29, 0.717) is 5.57 Å². The zero-order valence-electron chi connectivity index (χ0n) is 6.66. The molecule has 0 aliphatic heterocycles. The van der Waals surface area contributed by atoms with Gasteiger partial charge in [0.25, 0.3) is 0 Å². The Morgan fingerprint density at radius 1 is 1.27 bits per heavy atom. The van der Waals surface area contributed by atoms with Gasteiger partial charge in [0.2, 0.25) is 0 Å². The molecule has 0 saturated heterocycles. The van der Waals surface area contributed by atoms with Gasteiger partial charge in [0.05, 0.1) is 0 Å². The van der Waals surface area contributed by atoms with Crippen LogP contribution in [-0.4, -0.2) is 18.9 Å². The molecule has 0 saturated carbocycles. The highest BCUT2D eigenvalue weighted by atomic mass is 19.4. The molecule has 0 radical (unpaired) electrons. The van der Waals surface area contributed by atoms with Crippen LogP contribution in [0.25, 0.3) is 0 Å². The lowest BCUT2D eigenvalue weighted by molar-refractivity contribution is -0.0577. The van der Waals surface area contributed by atoms with Gasteiger partial charge in [0.1, 0.15) is 5.71 Å². The van der Waals surface area contributed by atoms with Crippen LogP contribution in [0, 0.1) is 0 Å². The first-order valence-electron chi connectivity index (χ1n) is 3.07. The minimum Gasteiger partial charge on any atom is -0.284 e. The Balaban J connectivity index is 4.60. The molecule has 0 aliphatic rings. The molecule has 0 bridgehead atoms. The lowest BCUT2D eigenvalue weighted by Crippen LogP contribution is -2.20. The molecule has 4 heteroatoms. The Hall–Kier alpha value is -0.800. The lowest BCUT2D eigenvalue weighted by Gasteiger charge is -2.05. The van der Waals surface area contributed by atoms with Gasteiger partial charge in [-0.1, -0.05) is 5.57 Å². The summed E-state index contributed by atoms with van der Waals surface area (Å²) < 4.78 is 35.7. The van der Waals surface area contributed by atoms with E-state index < -0.39 is 11.9 Å². The average molecular weight is 165 g/mol. The van der Waals surface area contributed by atoms with E-state index in [4.69, 9.17) is 0 Å². The van der Waals surface area contributed by atoms with E-state index in [0.717, 1.165) is 13.1 Å². The van der Waals surface area contributed by atoms with Crippen LogP contribution in [0.1, 0.15) is 13.8 Å². The zero-order valence-corrected chi connectivity index (χ0v) is 6.66. The van der Waals surface area contributed by atoms with E-state index in [2.05, 4.69) is 4.99 Å². The number of rotatable bonds is 1. The topological polar surface area (TPSA) is 12.4 Å². The third-order valence-corrected chi connectivity index (χ3v) is 0.957. The smallest absolute Gasteiger partial charge is 0.284 e. The minimum absolute atomic E-state index is 0.586. The highest BCUT2D eigenvalue weighted by Crippen LogP contribution is 2.18. The molecule has 0 rings (SSSR count). The number of nitrogens with zero attached hydrogens (tertiary/aromatic N) is 1. The van der Waals surface area contributed by atoms with Crippen molar-refractivity contribution >= 4 is 5.71 Å². The molecule has 0 aromatic rings. The van der Waals surface area contributed by atoms with E-state index in [-0.39, 0.29) is 0 Å². The van der Waals surface area contributed by atoms with Gasteiger partial charge in [0, 0.05) is 7.05 Å². The molecule has 64 valence electrons. The summed E-state index contributed by atoms with van der Waals surface area (Å²) in [5.41, 5.74) is -0.250. The molecule has 0 aromatic carbocycles. The monoisotopic (exact) mass is 165 g/mol. The van der Waals surface area contributed by atoms with E-state index in [1.165, 1.54) is 0 Å². The van der Waals surface area contributed by atoms with Crippen LogP contribution in [0.2, 0.25) is 0 Å². The number of aliphatic imine (C=N–C) groups is 1. The van der Waals surface area contributed by atoms with Gasteiger partial charge in [-0.2, -0.15) is 13.2 Å². The van der Waals surface area contributed by atoms with Gasteiger partial charge in [-0.05, 0) is 19.9 Å². The van der Waals surface area contributed by atoms with Crippen LogP contribution in [0.3, 0.4) is 0 Å². The zero-order chi connectivity index (χ0) is 9.07. The number of hydrogen-bond acceptors (Lipinski definition) is 1. The third kappa shape index (κ3) is 3.80. The number of hydrogen-bond donors (Lipinski definition) is 0. The summed E-state index contributed by atoms with van der Waals surface area (Å²) in [5, 5.41) is 0. The maximum atomic E-state index is 11.9. The predicted molar refractivity (Wildman–Crippen MR) is 38.8 cm³/mol. The van der Waals surface area contributed by atoms with E-state index >= 15 is 0 Å². The van der Waals surface area contributed by atoms with Crippen molar-refractivity contribution < 1.29 is 13.2 Å². The maximum Gasteiger partial charge on any atom is 0.432 e. The summed E-state index contributed by atoms with van der Waals surface area (Å²) in [6, 6.07) is 0. The second kappa shape index (κ2) is 3.55. The molecule has 0 N–H and O–H groups in total. The number of alkyl halides is 3. The first-order chi connectivity index (χ1) is 4.88. The second-order valence-corrected chi connectivity index (χ2v) is 2.33. The van der Waals surface area contributed by atoms with Crippen LogP contribution in [-0.2, 0) is 0 Å². The fourth-order valence-corrected chi connectivity index (χ4v) is 0.547. The molecule has 0 fully saturated rings. The van der Waals surface area contributed by atoms with Crippen molar-refractivity contribution in [2.75, 3.05) is 7.05 Å². The lowest BCUT2D eigenvalue weighted by atomic mass is 10.2. The van der Waals surface area contributed by atoms with Gasteiger partial charge < -0.3 is 0 Å². The third-order valence-electron chi connectivity index (χ3n) is 0.957. The quantitative estimate of drug-likeness (QED) is 0.529. The van der Waals surface area contributed by atoms with Crippen molar-refractivity contribution in [3.63, 3.8) is 0 Å². The van der Waals surface area contributed by atoms with Gasteiger partial charge in [-0.3, -0.25) is 4.99 Å². The second-order valence-electron chi connectivity index (χ2n) is 2.33. The Morgan fingerprint density at radius 3 is 1.82 bits per heavy atom. The van der Waals surface area contributed by atoms with Crippen molar-refractivity contribution in [3.8, 4) is 0 Å². The van der Waals surface area contributed by atoms with Gasteiger partial charge >= 0.3 is 6.18 Å². The molecular formula is C7H10F3N. The molecule has 0 atom stereocenters. The van der Waals surface area contributed by atoms with Crippen LogP contribution in [0.4, 0.5) is 13.2 Å². The van der Waals surface area contributed by atoms with Crippen molar-refractivity contribution in [2.45, 2.75) is 20.0 Å². The first kappa shape index (κ1) is 10.2. The molecule has 0 amide bonds. The van der Waals surface area contributed by atoms with Crippen LogP contribution >= 0.6 is 0 Å². The summed E-state index contributed by atoms with van der Waals surface area (Å²) in [5.74, 6) is 0. The molecule has 0 aliphatic carbocycles. The number of halogens is 3. The van der Waals surface area contributed by atoms with Crippen molar-refractivity contribution in [3.05, 3.63) is 11.6 Å². The molecule has 0 spiro atoms. The van der Waals surface area contributed by atoms with Crippen LogP contribution in [0.15, 0.2) is 16.6 Å². The number of allylic oxidation sites excluding steroid dienone is 2. The fraction of sp³-hybridized carbons (Fsp3) is 0.571. The highest BCUT2D eigenvalue weighted by molar-refractivity contribution is 5.99. The summed E-state index contributed by atoms with van der Waals surface area (Å²) in [4.78, 5) is 3.11. The molecule has 0 unspecified atom stereocenters. The van der Waals surface area contributed by atoms with Crippen LogP contribution in [0.5, 0.6) is 0 Å².